The van der Waals surface area contributed by atoms with Gasteiger partial charge in [0.2, 0.25) is 65.0 Å². The monoisotopic (exact) mass is 1220 g/mol. The lowest BCUT2D eigenvalue weighted by molar-refractivity contribution is -0.157. The van der Waals surface area contributed by atoms with Crippen LogP contribution >= 0.6 is 0 Å². The highest BCUT2D eigenvalue weighted by Crippen LogP contribution is 2.26. The van der Waals surface area contributed by atoms with Crippen LogP contribution in [0.4, 0.5) is 0 Å². The van der Waals surface area contributed by atoms with Gasteiger partial charge in [-0.15, -0.1) is 0 Å². The lowest BCUT2D eigenvalue weighted by atomic mass is 9.91. The van der Waals surface area contributed by atoms with Gasteiger partial charge in [0, 0.05) is 49.3 Å². The number of hydrogen-bond acceptors (Lipinski definition) is 12. The Bertz CT molecular complexity index is 2340. The highest BCUT2D eigenvalue weighted by atomic mass is 16.3. The van der Waals surface area contributed by atoms with E-state index < -0.39 is 156 Å². The van der Waals surface area contributed by atoms with E-state index in [0.29, 0.717) is 12.8 Å². The van der Waals surface area contributed by atoms with Gasteiger partial charge in [-0.25, -0.2) is 0 Å². The van der Waals surface area contributed by atoms with Crippen molar-refractivity contribution in [2.45, 2.75) is 229 Å². The third-order valence-corrected chi connectivity index (χ3v) is 16.4. The second kappa shape index (κ2) is 35.6. The summed E-state index contributed by atoms with van der Waals surface area (Å²) < 4.78 is 0. The molecule has 0 radical (unpaired) electrons. The van der Waals surface area contributed by atoms with E-state index in [4.69, 9.17) is 0 Å². The van der Waals surface area contributed by atoms with Gasteiger partial charge in [0.15, 0.2) is 0 Å². The Balaban J connectivity index is 4.33. The van der Waals surface area contributed by atoms with E-state index in [9.17, 15) is 48.3 Å². The fourth-order valence-electron chi connectivity index (χ4n) is 10.8. The van der Waals surface area contributed by atoms with E-state index in [1.807, 2.05) is 61.5 Å². The first-order valence-electron chi connectivity index (χ1n) is 31.1. The molecule has 0 aromatic carbocycles. The first-order valence-corrected chi connectivity index (χ1v) is 31.1. The highest BCUT2D eigenvalue weighted by molar-refractivity contribution is 5.99. The van der Waals surface area contributed by atoms with Gasteiger partial charge in [-0.05, 0) is 107 Å². The molecular weight excluding hydrogens is 1100 g/mol. The molecule has 1 heterocycles. The molecule has 0 aromatic rings. The summed E-state index contributed by atoms with van der Waals surface area (Å²) in [5.41, 5.74) is 0. The number of amides is 11. The first-order chi connectivity index (χ1) is 39.7. The summed E-state index contributed by atoms with van der Waals surface area (Å²) in [6.07, 6.45) is 3.57. The number of carbonyl (C=O) groups excluding carboxylic acids is 11. The fraction of sp³-hybridized carbons (Fsp3) is 0.794. The van der Waals surface area contributed by atoms with E-state index in [1.54, 1.807) is 54.5 Å². The van der Waals surface area contributed by atoms with Crippen molar-refractivity contribution >= 4 is 65.0 Å². The maximum absolute atomic E-state index is 15.1. The number of carbonyl (C=O) groups is 11. The maximum atomic E-state index is 15.1. The van der Waals surface area contributed by atoms with Crippen molar-refractivity contribution in [3.63, 3.8) is 0 Å². The molecule has 0 saturated carbocycles. The molecule has 1 aliphatic heterocycles. The van der Waals surface area contributed by atoms with Gasteiger partial charge in [0.25, 0.3) is 0 Å². The van der Waals surface area contributed by atoms with Crippen LogP contribution in [0.3, 0.4) is 0 Å². The van der Waals surface area contributed by atoms with Gasteiger partial charge in [0.1, 0.15) is 60.4 Å². The molecule has 23 heteroatoms. The van der Waals surface area contributed by atoms with Gasteiger partial charge in [-0.1, -0.05) is 109 Å². The Morgan fingerprint density at radius 3 is 1.40 bits per heavy atom. The molecule has 0 unspecified atom stereocenters. The quantitative estimate of drug-likeness (QED) is 0.139. The summed E-state index contributed by atoms with van der Waals surface area (Å²) >= 11 is 0. The molecule has 0 aliphatic carbocycles. The molecule has 12 atom stereocenters. The fourth-order valence-corrected chi connectivity index (χ4v) is 10.8. The van der Waals surface area contributed by atoms with Gasteiger partial charge in [0.05, 0.1) is 12.6 Å². The Morgan fingerprint density at radius 2 is 0.930 bits per heavy atom. The molecule has 5 N–H and O–H groups in total. The summed E-state index contributed by atoms with van der Waals surface area (Å²) in [5.74, 6) is -9.44. The van der Waals surface area contributed by atoms with Crippen molar-refractivity contribution in [2.75, 3.05) is 55.9 Å². The van der Waals surface area contributed by atoms with Crippen LogP contribution in [0.1, 0.15) is 163 Å². The van der Waals surface area contributed by atoms with Crippen molar-refractivity contribution in [3.8, 4) is 0 Å². The second-order valence-electron chi connectivity index (χ2n) is 26.4. The third-order valence-electron chi connectivity index (χ3n) is 16.4. The Morgan fingerprint density at radius 1 is 0.477 bits per heavy atom. The van der Waals surface area contributed by atoms with Crippen molar-refractivity contribution < 1.29 is 57.8 Å². The molecule has 1 saturated heterocycles. The number of likely N-dealkylation sites (N-methyl/N-ethyl adjacent to an activating group) is 7. The maximum Gasteiger partial charge on any atom is 0.246 e. The molecule has 1 fully saturated rings. The molecule has 23 nitrogen and oxygen atoms in total. The smallest absolute Gasteiger partial charge is 0.246 e. The lowest BCUT2D eigenvalue weighted by Crippen LogP contribution is -2.63. The molecule has 86 heavy (non-hydrogen) atoms. The van der Waals surface area contributed by atoms with Gasteiger partial charge in [-0.2, -0.15) is 0 Å². The van der Waals surface area contributed by atoms with E-state index in [1.165, 1.54) is 87.7 Å². The Kier molecular flexibility index (Phi) is 32.3. The van der Waals surface area contributed by atoms with E-state index in [-0.39, 0.29) is 55.8 Å². The standard InChI is InChI=1S/C63H113N11O12/c1-25-27-28-41(15)53(76)52-57(80)66-44(26-2)59(82)68(18)34-49(75)69(19)46(31-36(5)6)56(79)67-50(39(11)12)62(85)70(20)45(30-29-35(3)4)55(78)64-42(16)54(77)65-43(17)58(81)71(21)47(32-37(7)8)60(83)72(22)48(33-38(9)10)61(84)73(23)51(40(13)14)63(86)74(52)24/h25,27,35-48,50-53,76H,26,28-34H2,1-24H3,(H,64,78)(H,65,77)(H,66,80)(H,67,79)/b27-25+/t41-,42-,43+,44+,45-,46+,47+,48+,50-,51+,52+,53-/m1/s1. The van der Waals surface area contributed by atoms with Gasteiger partial charge < -0.3 is 60.7 Å². The summed E-state index contributed by atoms with van der Waals surface area (Å²) in [7, 11) is 9.94. The zero-order valence-electron chi connectivity index (χ0n) is 56.8. The minimum absolute atomic E-state index is 0.0232. The van der Waals surface area contributed by atoms with Crippen molar-refractivity contribution in [2.24, 2.45) is 41.4 Å². The van der Waals surface area contributed by atoms with Crippen molar-refractivity contribution in [1.29, 1.82) is 0 Å². The number of rotatable bonds is 16. The number of hydrogen-bond donors (Lipinski definition) is 5. The second-order valence-corrected chi connectivity index (χ2v) is 26.4. The minimum atomic E-state index is -1.61. The van der Waals surface area contributed by atoms with Crippen LogP contribution in [0.2, 0.25) is 0 Å². The summed E-state index contributed by atoms with van der Waals surface area (Å²) in [4.78, 5) is 169. The van der Waals surface area contributed by atoms with Crippen molar-refractivity contribution in [1.82, 2.24) is 55.6 Å². The Hall–Kier alpha value is -6.13. The molecule has 0 aromatic heterocycles. The molecular formula is C63H113N11O12. The normalized spacial score (nSPS) is 26.7. The van der Waals surface area contributed by atoms with Crippen molar-refractivity contribution in [3.05, 3.63) is 12.2 Å². The zero-order valence-corrected chi connectivity index (χ0v) is 56.8. The Labute approximate surface area is 515 Å². The predicted octanol–water partition coefficient (Wildman–Crippen LogP) is 3.66. The van der Waals surface area contributed by atoms with Crippen LogP contribution in [0.5, 0.6) is 0 Å². The average molecular weight is 1220 g/mol. The van der Waals surface area contributed by atoms with Crippen LogP contribution < -0.4 is 21.3 Å². The van der Waals surface area contributed by atoms with Crippen LogP contribution in [0, 0.1) is 41.4 Å². The number of aliphatic hydroxyl groups is 1. The summed E-state index contributed by atoms with van der Waals surface area (Å²) in [6.45, 7) is 29.6. The van der Waals surface area contributed by atoms with E-state index in [2.05, 4.69) is 21.3 Å². The SMILES string of the molecule is C/C=C/C[C@@H](C)[C@@H](O)[C@H]1C(=O)N[C@@H](CC)C(=O)N(C)CC(=O)N(C)[C@@H](CC(C)C)C(=O)N[C@H](C(C)C)C(=O)N(C)[C@H](CCC(C)C)C(=O)N[C@H](C)C(=O)N[C@@H](C)C(=O)N(C)[C@@H](CC(C)C)C(=O)N(C)[C@@H](CC(C)C)C(=O)N(C)[C@@H](C(C)C)C(=O)N1C. The number of nitrogens with one attached hydrogen (secondary N) is 4. The molecule has 0 spiro atoms. The largest absolute Gasteiger partial charge is 0.390 e. The molecule has 0 bridgehead atoms. The van der Waals surface area contributed by atoms with Gasteiger partial charge in [-0.3, -0.25) is 52.7 Å². The van der Waals surface area contributed by atoms with Crippen LogP contribution in [0.15, 0.2) is 12.2 Å². The molecule has 492 valence electrons. The topological polar surface area (TPSA) is 279 Å². The van der Waals surface area contributed by atoms with Crippen LogP contribution in [-0.4, -0.2) is 227 Å². The first kappa shape index (κ1) is 77.9. The van der Waals surface area contributed by atoms with E-state index >= 15 is 9.59 Å². The van der Waals surface area contributed by atoms with E-state index in [0.717, 1.165) is 9.80 Å². The molecule has 11 amide bonds. The number of aliphatic hydroxyl groups excluding tert-OH is 1. The average Bonchev–Trinajstić information content (AvgIpc) is 1.43. The van der Waals surface area contributed by atoms with Gasteiger partial charge >= 0.3 is 0 Å². The summed E-state index contributed by atoms with van der Waals surface area (Å²) in [5, 5.41) is 23.1. The third kappa shape index (κ3) is 21.9. The lowest BCUT2D eigenvalue weighted by Gasteiger charge is -2.41. The number of nitrogens with zero attached hydrogens (tertiary/aromatic N) is 7. The number of allylic oxidation sites excluding steroid dienone is 2. The predicted molar refractivity (Wildman–Crippen MR) is 333 cm³/mol. The highest BCUT2D eigenvalue weighted by Gasteiger charge is 2.45. The zero-order chi connectivity index (χ0) is 66.7. The summed E-state index contributed by atoms with van der Waals surface area (Å²) in [6, 6.07) is -12.3. The molecule has 1 rings (SSSR count). The minimum Gasteiger partial charge on any atom is -0.390 e. The van der Waals surface area contributed by atoms with Crippen LogP contribution in [-0.2, 0) is 52.7 Å². The van der Waals surface area contributed by atoms with Crippen LogP contribution in [0.25, 0.3) is 0 Å². The molecule has 1 aliphatic rings.